The van der Waals surface area contributed by atoms with Crippen molar-refractivity contribution in [1.29, 1.82) is 0 Å². The Hall–Kier alpha value is -2.18. The van der Waals surface area contributed by atoms with Gasteiger partial charge >= 0.3 is 0 Å². The van der Waals surface area contributed by atoms with Crippen LogP contribution in [-0.2, 0) is 6.54 Å². The molecule has 0 fully saturated rings. The molecule has 2 rings (SSSR count). The molecule has 0 aliphatic rings. The van der Waals surface area contributed by atoms with Crippen LogP contribution in [0.3, 0.4) is 0 Å². The number of nitrogens with one attached hydrogen (secondary N) is 1. The Labute approximate surface area is 79.4 Å². The molecule has 3 N–H and O–H groups in total. The third kappa shape index (κ3) is 1.76. The van der Waals surface area contributed by atoms with E-state index >= 15 is 0 Å². The number of anilines is 2. The van der Waals surface area contributed by atoms with Crippen LogP contribution < -0.4 is 11.1 Å². The summed E-state index contributed by atoms with van der Waals surface area (Å²) in [6.07, 6.45) is 4.33. The maximum absolute atomic E-state index is 5.56. The van der Waals surface area contributed by atoms with E-state index in [9.17, 15) is 0 Å². The number of hydrogen-bond acceptors (Lipinski definition) is 7. The molecule has 0 aliphatic heterocycles. The SMILES string of the molecule is Nc1nccnc1NCc1ncon1. The van der Waals surface area contributed by atoms with Crippen LogP contribution in [0.5, 0.6) is 0 Å². The first kappa shape index (κ1) is 8.42. The summed E-state index contributed by atoms with van der Waals surface area (Å²) < 4.78 is 4.56. The van der Waals surface area contributed by atoms with E-state index in [2.05, 4.69) is 29.9 Å². The summed E-state index contributed by atoms with van der Waals surface area (Å²) in [5, 5.41) is 6.56. The van der Waals surface area contributed by atoms with E-state index in [-0.39, 0.29) is 0 Å². The molecule has 0 atom stereocenters. The van der Waals surface area contributed by atoms with Gasteiger partial charge in [0.2, 0.25) is 6.39 Å². The standard InChI is InChI=1S/C7H8N6O/c8-6-7(10-2-1-9-6)11-3-5-12-4-14-13-5/h1-2,4H,3H2,(H2,8,9)(H,10,11). The molecule has 0 spiro atoms. The van der Waals surface area contributed by atoms with Gasteiger partial charge in [-0.3, -0.25) is 0 Å². The van der Waals surface area contributed by atoms with Gasteiger partial charge in [-0.1, -0.05) is 5.16 Å². The van der Waals surface area contributed by atoms with Gasteiger partial charge in [-0.05, 0) is 0 Å². The molecule has 0 saturated heterocycles. The van der Waals surface area contributed by atoms with Gasteiger partial charge in [-0.2, -0.15) is 4.98 Å². The molecule has 0 saturated carbocycles. The molecule has 14 heavy (non-hydrogen) atoms. The summed E-state index contributed by atoms with van der Waals surface area (Å²) in [5.74, 6) is 1.39. The minimum Gasteiger partial charge on any atom is -0.381 e. The van der Waals surface area contributed by atoms with Crippen molar-refractivity contribution in [2.45, 2.75) is 6.54 Å². The van der Waals surface area contributed by atoms with Crippen LogP contribution >= 0.6 is 0 Å². The van der Waals surface area contributed by atoms with Gasteiger partial charge in [0, 0.05) is 12.4 Å². The van der Waals surface area contributed by atoms with Crippen LogP contribution in [0, 0.1) is 0 Å². The number of rotatable bonds is 3. The van der Waals surface area contributed by atoms with E-state index in [0.29, 0.717) is 24.0 Å². The van der Waals surface area contributed by atoms with Gasteiger partial charge in [0.15, 0.2) is 17.5 Å². The molecule has 0 radical (unpaired) electrons. The third-order valence-electron chi connectivity index (χ3n) is 1.55. The topological polar surface area (TPSA) is 103 Å². The van der Waals surface area contributed by atoms with Gasteiger partial charge in [-0.15, -0.1) is 0 Å². The van der Waals surface area contributed by atoms with Gasteiger partial charge in [0.05, 0.1) is 6.54 Å². The van der Waals surface area contributed by atoms with Crippen LogP contribution in [0.4, 0.5) is 11.6 Å². The fourth-order valence-electron chi connectivity index (χ4n) is 0.918. The third-order valence-corrected chi connectivity index (χ3v) is 1.55. The number of hydrogen-bond donors (Lipinski definition) is 2. The lowest BCUT2D eigenvalue weighted by molar-refractivity contribution is 0.411. The number of aromatic nitrogens is 4. The summed E-state index contributed by atoms with van der Waals surface area (Å²) in [5.41, 5.74) is 5.56. The zero-order valence-corrected chi connectivity index (χ0v) is 7.21. The number of nitrogens with zero attached hydrogens (tertiary/aromatic N) is 4. The predicted octanol–water partition coefficient (Wildman–Crippen LogP) is 0.0539. The molecule has 2 aromatic heterocycles. The molecule has 7 heteroatoms. The largest absolute Gasteiger partial charge is 0.381 e. The summed E-state index contributed by atoms with van der Waals surface area (Å²) >= 11 is 0. The van der Waals surface area contributed by atoms with E-state index in [0.717, 1.165) is 0 Å². The van der Waals surface area contributed by atoms with E-state index in [1.54, 1.807) is 6.20 Å². The Balaban J connectivity index is 2.02. The predicted molar refractivity (Wildman–Crippen MR) is 48.1 cm³/mol. The fraction of sp³-hybridized carbons (Fsp3) is 0.143. The molecule has 7 nitrogen and oxygen atoms in total. The Morgan fingerprint density at radius 3 is 2.86 bits per heavy atom. The van der Waals surface area contributed by atoms with Crippen LogP contribution in [0.1, 0.15) is 5.82 Å². The molecule has 2 heterocycles. The molecular weight excluding hydrogens is 184 g/mol. The van der Waals surface area contributed by atoms with Crippen molar-refractivity contribution >= 4 is 11.6 Å². The second-order valence-corrected chi connectivity index (χ2v) is 2.49. The van der Waals surface area contributed by atoms with Crippen LogP contribution in [0.25, 0.3) is 0 Å². The molecular formula is C7H8N6O. The summed E-state index contributed by atoms with van der Waals surface area (Å²) in [6, 6.07) is 0. The molecule has 0 bridgehead atoms. The molecule has 2 aromatic rings. The lowest BCUT2D eigenvalue weighted by Gasteiger charge is -2.03. The summed E-state index contributed by atoms with van der Waals surface area (Å²) in [6.45, 7) is 0.402. The summed E-state index contributed by atoms with van der Waals surface area (Å²) in [7, 11) is 0. The average Bonchev–Trinajstić information content (AvgIpc) is 2.69. The second kappa shape index (κ2) is 3.69. The molecule has 0 aromatic carbocycles. The fourth-order valence-corrected chi connectivity index (χ4v) is 0.918. The van der Waals surface area contributed by atoms with Gasteiger partial charge in [-0.25, -0.2) is 9.97 Å². The average molecular weight is 192 g/mol. The Kier molecular flexibility index (Phi) is 2.22. The lowest BCUT2D eigenvalue weighted by atomic mass is 10.5. The molecule has 0 unspecified atom stereocenters. The van der Waals surface area contributed by atoms with Crippen molar-refractivity contribution in [3.63, 3.8) is 0 Å². The molecule has 72 valence electrons. The number of nitrogens with two attached hydrogens (primary N) is 1. The first-order chi connectivity index (χ1) is 6.86. The first-order valence-electron chi connectivity index (χ1n) is 3.92. The number of nitrogen functional groups attached to an aromatic ring is 1. The monoisotopic (exact) mass is 192 g/mol. The van der Waals surface area contributed by atoms with Crippen LogP contribution in [0.15, 0.2) is 23.3 Å². The van der Waals surface area contributed by atoms with Crippen LogP contribution in [-0.4, -0.2) is 20.1 Å². The van der Waals surface area contributed by atoms with E-state index in [1.165, 1.54) is 12.6 Å². The molecule has 0 amide bonds. The van der Waals surface area contributed by atoms with Gasteiger partial charge < -0.3 is 15.6 Å². The zero-order chi connectivity index (χ0) is 9.80. The smallest absolute Gasteiger partial charge is 0.213 e. The first-order valence-corrected chi connectivity index (χ1v) is 3.92. The maximum atomic E-state index is 5.56. The summed E-state index contributed by atoms with van der Waals surface area (Å²) in [4.78, 5) is 11.7. The lowest BCUT2D eigenvalue weighted by Crippen LogP contribution is -2.06. The highest BCUT2D eigenvalue weighted by atomic mass is 16.5. The van der Waals surface area contributed by atoms with E-state index in [4.69, 9.17) is 5.73 Å². The van der Waals surface area contributed by atoms with Crippen molar-refractivity contribution in [3.8, 4) is 0 Å². The van der Waals surface area contributed by atoms with Crippen LogP contribution in [0.2, 0.25) is 0 Å². The van der Waals surface area contributed by atoms with Crippen molar-refractivity contribution in [3.05, 3.63) is 24.6 Å². The normalized spacial score (nSPS) is 10.0. The highest BCUT2D eigenvalue weighted by Gasteiger charge is 2.02. The zero-order valence-electron chi connectivity index (χ0n) is 7.21. The van der Waals surface area contributed by atoms with E-state index < -0.39 is 0 Å². The highest BCUT2D eigenvalue weighted by molar-refractivity contribution is 5.54. The van der Waals surface area contributed by atoms with Crippen molar-refractivity contribution in [2.24, 2.45) is 0 Å². The second-order valence-electron chi connectivity index (χ2n) is 2.49. The van der Waals surface area contributed by atoms with E-state index in [1.807, 2.05) is 0 Å². The quantitative estimate of drug-likeness (QED) is 0.708. The van der Waals surface area contributed by atoms with Crippen molar-refractivity contribution in [2.75, 3.05) is 11.1 Å². The van der Waals surface area contributed by atoms with Crippen molar-refractivity contribution < 1.29 is 4.52 Å². The molecule has 0 aliphatic carbocycles. The highest BCUT2D eigenvalue weighted by Crippen LogP contribution is 2.09. The Morgan fingerprint density at radius 2 is 2.14 bits per heavy atom. The minimum absolute atomic E-state index is 0.344. The van der Waals surface area contributed by atoms with Gasteiger partial charge in [0.25, 0.3) is 0 Å². The van der Waals surface area contributed by atoms with Gasteiger partial charge in [0.1, 0.15) is 0 Å². The maximum Gasteiger partial charge on any atom is 0.213 e. The Morgan fingerprint density at radius 1 is 1.29 bits per heavy atom. The minimum atomic E-state index is 0.344. The van der Waals surface area contributed by atoms with Crippen molar-refractivity contribution in [1.82, 2.24) is 20.1 Å². The Bertz CT molecular complexity index is 400.